The van der Waals surface area contributed by atoms with Crippen LogP contribution in [0.15, 0.2) is 0 Å². The van der Waals surface area contributed by atoms with E-state index in [-0.39, 0.29) is 12.5 Å². The number of rotatable bonds is 11. The van der Waals surface area contributed by atoms with Gasteiger partial charge in [-0.25, -0.2) is 0 Å². The third kappa shape index (κ3) is 7.84. The minimum atomic E-state index is -1.05. The van der Waals surface area contributed by atoms with E-state index in [0.717, 1.165) is 0 Å². The van der Waals surface area contributed by atoms with Gasteiger partial charge in [0, 0.05) is 5.92 Å². The Labute approximate surface area is 112 Å². The van der Waals surface area contributed by atoms with Gasteiger partial charge in [0.25, 0.3) is 15.3 Å². The fraction of sp³-hybridized carbons (Fsp3) is 1.00. The molecular weight excluding hydrogens is 282 g/mol. The predicted molar refractivity (Wildman–Crippen MR) is 60.7 cm³/mol. The van der Waals surface area contributed by atoms with Crippen molar-refractivity contribution in [1.82, 2.24) is 0 Å². The highest BCUT2D eigenvalue weighted by Gasteiger charge is 2.28. The van der Waals surface area contributed by atoms with Crippen molar-refractivity contribution in [3.05, 3.63) is 30.3 Å². The Morgan fingerprint density at radius 2 is 1.15 bits per heavy atom. The van der Waals surface area contributed by atoms with Gasteiger partial charge in [-0.2, -0.15) is 0 Å². The maximum atomic E-state index is 10.2. The first-order valence-electron chi connectivity index (χ1n) is 5.56. The molecule has 0 radical (unpaired) electrons. The van der Waals surface area contributed by atoms with Crippen molar-refractivity contribution in [3.63, 3.8) is 0 Å². The van der Waals surface area contributed by atoms with E-state index in [1.165, 1.54) is 0 Å². The van der Waals surface area contributed by atoms with Gasteiger partial charge in [-0.15, -0.1) is 30.3 Å². The molecule has 0 spiro atoms. The van der Waals surface area contributed by atoms with Gasteiger partial charge in [0.05, 0.1) is 6.61 Å². The second-order valence-corrected chi connectivity index (χ2v) is 4.23. The molecule has 0 heterocycles. The van der Waals surface area contributed by atoms with Crippen LogP contribution in [0.2, 0.25) is 0 Å². The Bertz CT molecular complexity index is 330. The van der Waals surface area contributed by atoms with Crippen LogP contribution >= 0.6 is 0 Å². The third-order valence-corrected chi connectivity index (χ3v) is 2.62. The summed E-state index contributed by atoms with van der Waals surface area (Å²) in [6.45, 7) is 2.06. The lowest BCUT2D eigenvalue weighted by atomic mass is 9.85. The van der Waals surface area contributed by atoms with Gasteiger partial charge >= 0.3 is 0 Å². The van der Waals surface area contributed by atoms with Crippen LogP contribution in [0.3, 0.4) is 0 Å². The smallest absolute Gasteiger partial charge is 0.294 e. The fourth-order valence-electron chi connectivity index (χ4n) is 1.63. The summed E-state index contributed by atoms with van der Waals surface area (Å²) < 4.78 is 0. The zero-order valence-corrected chi connectivity index (χ0v) is 10.9. The third-order valence-electron chi connectivity index (χ3n) is 2.62. The first-order chi connectivity index (χ1) is 9.23. The number of hydrogen-bond donors (Lipinski definition) is 0. The van der Waals surface area contributed by atoms with E-state index in [9.17, 15) is 30.3 Å². The first kappa shape index (κ1) is 17.6. The average molecular weight is 297 g/mol. The van der Waals surface area contributed by atoms with Crippen molar-refractivity contribution in [2.45, 2.75) is 13.8 Å². The molecule has 12 heteroatoms. The molecule has 0 aliphatic rings. The molecule has 0 aromatic carbocycles. The van der Waals surface area contributed by atoms with Crippen LogP contribution in [-0.4, -0.2) is 35.1 Å². The van der Waals surface area contributed by atoms with E-state index in [4.69, 9.17) is 0 Å². The van der Waals surface area contributed by atoms with Crippen molar-refractivity contribution < 1.29 is 29.8 Å². The van der Waals surface area contributed by atoms with Crippen molar-refractivity contribution in [1.29, 1.82) is 0 Å². The molecule has 116 valence electrons. The molecule has 0 amide bonds. The molecule has 0 bridgehead atoms. The second-order valence-electron chi connectivity index (χ2n) is 4.23. The van der Waals surface area contributed by atoms with Crippen LogP contribution in [0, 0.1) is 48.1 Å². The molecule has 20 heavy (non-hydrogen) atoms. The summed E-state index contributed by atoms with van der Waals surface area (Å²) in [6.07, 6.45) is 0. The van der Waals surface area contributed by atoms with Crippen LogP contribution < -0.4 is 0 Å². The van der Waals surface area contributed by atoms with E-state index < -0.39 is 40.3 Å². The minimum absolute atomic E-state index is 0.189. The van der Waals surface area contributed by atoms with E-state index in [0.29, 0.717) is 0 Å². The molecule has 12 nitrogen and oxygen atoms in total. The summed E-state index contributed by atoms with van der Waals surface area (Å²) in [5.74, 6) is -1.57. The molecule has 0 aliphatic carbocycles. The van der Waals surface area contributed by atoms with E-state index in [2.05, 4.69) is 14.5 Å². The molecule has 0 aliphatic heterocycles. The average Bonchev–Trinajstić information content (AvgIpc) is 2.30. The molecule has 0 N–H and O–H groups in total. The van der Waals surface area contributed by atoms with Gasteiger partial charge in [-0.3, -0.25) is 0 Å². The van der Waals surface area contributed by atoms with Gasteiger partial charge in [-0.1, -0.05) is 13.8 Å². The Hall–Kier alpha value is -2.40. The number of hydrogen-bond acceptors (Lipinski definition) is 9. The molecule has 0 saturated carbocycles. The summed E-state index contributed by atoms with van der Waals surface area (Å²) >= 11 is 0. The molecule has 0 rings (SSSR count). The topological polar surface area (TPSA) is 157 Å². The van der Waals surface area contributed by atoms with Crippen molar-refractivity contribution in [3.8, 4) is 0 Å². The lowest BCUT2D eigenvalue weighted by molar-refractivity contribution is -0.771. The normalized spacial score (nSPS) is 12.0. The zero-order valence-electron chi connectivity index (χ0n) is 10.9. The lowest BCUT2D eigenvalue weighted by Gasteiger charge is -2.27. The Morgan fingerprint density at radius 1 is 0.800 bits per heavy atom. The van der Waals surface area contributed by atoms with Gasteiger partial charge in [-0.05, 0) is 11.8 Å². The van der Waals surface area contributed by atoms with Crippen molar-refractivity contribution in [2.75, 3.05) is 19.8 Å². The SMILES string of the molecule is CC(C)C(CO[N+](=O)[O-])C(CO[N+](=O)[O-])CO[N+](=O)[O-]. The predicted octanol–water partition coefficient (Wildman–Crippen LogP) is 0.500. The first-order valence-corrected chi connectivity index (χ1v) is 5.56. The van der Waals surface area contributed by atoms with E-state index >= 15 is 0 Å². The summed E-state index contributed by atoms with van der Waals surface area (Å²) in [6, 6.07) is 0. The van der Waals surface area contributed by atoms with E-state index in [1.807, 2.05) is 0 Å². The minimum Gasteiger partial charge on any atom is -0.314 e. The molecule has 1 atom stereocenters. The monoisotopic (exact) mass is 297 g/mol. The number of nitrogens with zero attached hydrogens (tertiary/aromatic N) is 3. The van der Waals surface area contributed by atoms with Gasteiger partial charge in [0.2, 0.25) is 0 Å². The summed E-state index contributed by atoms with van der Waals surface area (Å²) in [4.78, 5) is 43.1. The summed E-state index contributed by atoms with van der Waals surface area (Å²) in [5.41, 5.74) is 0. The Kier molecular flexibility index (Phi) is 7.62. The summed E-state index contributed by atoms with van der Waals surface area (Å²) in [5, 5.41) is 27.4. The Balaban J connectivity index is 4.73. The highest BCUT2D eigenvalue weighted by molar-refractivity contribution is 4.71. The Morgan fingerprint density at radius 3 is 1.45 bits per heavy atom. The highest BCUT2D eigenvalue weighted by Crippen LogP contribution is 2.23. The van der Waals surface area contributed by atoms with Crippen LogP contribution in [0.5, 0.6) is 0 Å². The lowest BCUT2D eigenvalue weighted by Crippen LogP contribution is -2.34. The highest BCUT2D eigenvalue weighted by atomic mass is 17.0. The van der Waals surface area contributed by atoms with Crippen LogP contribution in [0.1, 0.15) is 13.8 Å². The van der Waals surface area contributed by atoms with Crippen molar-refractivity contribution >= 4 is 0 Å². The molecule has 0 aromatic rings. The molecular formula is C8H15N3O9. The second kappa shape index (κ2) is 8.66. The quantitative estimate of drug-likeness (QED) is 0.391. The summed E-state index contributed by atoms with van der Waals surface area (Å²) in [7, 11) is 0. The van der Waals surface area contributed by atoms with Crippen LogP contribution in [-0.2, 0) is 14.5 Å². The largest absolute Gasteiger partial charge is 0.314 e. The van der Waals surface area contributed by atoms with Gasteiger partial charge in [0.1, 0.15) is 13.2 Å². The molecule has 0 saturated heterocycles. The van der Waals surface area contributed by atoms with Gasteiger partial charge in [0.15, 0.2) is 0 Å². The fourth-order valence-corrected chi connectivity index (χ4v) is 1.63. The molecule has 1 unspecified atom stereocenters. The van der Waals surface area contributed by atoms with Crippen LogP contribution in [0.25, 0.3) is 0 Å². The van der Waals surface area contributed by atoms with Crippen molar-refractivity contribution in [2.24, 2.45) is 17.8 Å². The van der Waals surface area contributed by atoms with E-state index in [1.54, 1.807) is 13.8 Å². The maximum Gasteiger partial charge on any atom is 0.294 e. The van der Waals surface area contributed by atoms with Crippen LogP contribution in [0.4, 0.5) is 0 Å². The molecule has 0 aromatic heterocycles. The maximum absolute atomic E-state index is 10.2. The zero-order chi connectivity index (χ0) is 15.7. The molecule has 0 fully saturated rings. The van der Waals surface area contributed by atoms with Gasteiger partial charge < -0.3 is 14.5 Å². The standard InChI is InChI=1S/C8H15N3O9/c1-6(2)8(5-20-11(16)17)7(3-18-9(12)13)4-19-10(14)15/h6-8H,3-5H2,1-2H3.